The van der Waals surface area contributed by atoms with Gasteiger partial charge >= 0.3 is 0 Å². The van der Waals surface area contributed by atoms with Crippen LogP contribution in [0.2, 0.25) is 0 Å². The van der Waals surface area contributed by atoms with Gasteiger partial charge in [0.15, 0.2) is 0 Å². The summed E-state index contributed by atoms with van der Waals surface area (Å²) in [6.45, 7) is 8.47. The SMILES string of the molecule is CCCC(=O)N(c1ncncc1CC)C(CCC)CCC. The number of hydrogen-bond acceptors (Lipinski definition) is 3. The maximum Gasteiger partial charge on any atom is 0.228 e. The second-order valence-electron chi connectivity index (χ2n) is 5.47. The summed E-state index contributed by atoms with van der Waals surface area (Å²) in [5.41, 5.74) is 1.05. The molecule has 4 nitrogen and oxygen atoms in total. The Bertz CT molecular complexity index is 428. The van der Waals surface area contributed by atoms with Crippen LogP contribution in [0.3, 0.4) is 0 Å². The summed E-state index contributed by atoms with van der Waals surface area (Å²) in [6.07, 6.45) is 9.88. The Morgan fingerprint density at radius 3 is 2.33 bits per heavy atom. The van der Waals surface area contributed by atoms with Gasteiger partial charge in [-0.2, -0.15) is 0 Å². The predicted octanol–water partition coefficient (Wildman–Crippen LogP) is 4.14. The van der Waals surface area contributed by atoms with Gasteiger partial charge in [0.25, 0.3) is 0 Å². The monoisotopic (exact) mass is 291 g/mol. The highest BCUT2D eigenvalue weighted by Gasteiger charge is 2.26. The average molecular weight is 291 g/mol. The topological polar surface area (TPSA) is 46.1 Å². The Hall–Kier alpha value is -1.45. The van der Waals surface area contributed by atoms with Gasteiger partial charge in [-0.05, 0) is 25.7 Å². The van der Waals surface area contributed by atoms with Crippen LogP contribution in [0.1, 0.15) is 71.8 Å². The molecule has 1 rings (SSSR count). The minimum absolute atomic E-state index is 0.192. The lowest BCUT2D eigenvalue weighted by Gasteiger charge is -2.32. The van der Waals surface area contributed by atoms with Crippen molar-refractivity contribution in [3.63, 3.8) is 0 Å². The zero-order valence-electron chi connectivity index (χ0n) is 13.9. The first-order chi connectivity index (χ1) is 10.2. The molecule has 1 amide bonds. The van der Waals surface area contributed by atoms with Crippen molar-refractivity contribution in [1.82, 2.24) is 9.97 Å². The number of amides is 1. The summed E-state index contributed by atoms with van der Waals surface area (Å²) in [6, 6.07) is 0.249. The minimum atomic E-state index is 0.192. The van der Waals surface area contributed by atoms with Crippen molar-refractivity contribution in [2.75, 3.05) is 4.90 Å². The number of hydrogen-bond donors (Lipinski definition) is 0. The van der Waals surface area contributed by atoms with E-state index in [2.05, 4.69) is 30.7 Å². The normalized spacial score (nSPS) is 10.9. The van der Waals surface area contributed by atoms with Gasteiger partial charge in [0, 0.05) is 24.2 Å². The van der Waals surface area contributed by atoms with Crippen LogP contribution in [0.4, 0.5) is 5.82 Å². The summed E-state index contributed by atoms with van der Waals surface area (Å²) in [4.78, 5) is 23.2. The first-order valence-corrected chi connectivity index (χ1v) is 8.30. The van der Waals surface area contributed by atoms with Gasteiger partial charge < -0.3 is 0 Å². The molecule has 0 saturated heterocycles. The van der Waals surface area contributed by atoms with E-state index < -0.39 is 0 Å². The Balaban J connectivity index is 3.19. The van der Waals surface area contributed by atoms with Crippen molar-refractivity contribution >= 4 is 11.7 Å². The van der Waals surface area contributed by atoms with Crippen LogP contribution in [-0.4, -0.2) is 21.9 Å². The molecule has 0 aliphatic carbocycles. The van der Waals surface area contributed by atoms with Crippen molar-refractivity contribution in [3.05, 3.63) is 18.1 Å². The van der Waals surface area contributed by atoms with Gasteiger partial charge in [-0.25, -0.2) is 9.97 Å². The van der Waals surface area contributed by atoms with Crippen LogP contribution < -0.4 is 4.90 Å². The first kappa shape index (κ1) is 17.6. The molecule has 0 saturated carbocycles. The molecule has 0 fully saturated rings. The highest BCUT2D eigenvalue weighted by molar-refractivity contribution is 5.93. The third kappa shape index (κ3) is 4.80. The molecule has 1 aromatic heterocycles. The second-order valence-corrected chi connectivity index (χ2v) is 5.47. The predicted molar refractivity (Wildman–Crippen MR) is 87.4 cm³/mol. The molecule has 0 spiro atoms. The third-order valence-corrected chi connectivity index (χ3v) is 3.71. The van der Waals surface area contributed by atoms with E-state index in [1.165, 1.54) is 0 Å². The summed E-state index contributed by atoms with van der Waals surface area (Å²) >= 11 is 0. The smallest absolute Gasteiger partial charge is 0.228 e. The quantitative estimate of drug-likeness (QED) is 0.687. The molecule has 1 aromatic rings. The molecule has 1 heterocycles. The molecule has 21 heavy (non-hydrogen) atoms. The van der Waals surface area contributed by atoms with E-state index in [0.29, 0.717) is 6.42 Å². The Labute approximate surface area is 129 Å². The van der Waals surface area contributed by atoms with Crippen LogP contribution >= 0.6 is 0 Å². The van der Waals surface area contributed by atoms with Gasteiger partial charge in [0.05, 0.1) is 0 Å². The van der Waals surface area contributed by atoms with Crippen LogP contribution in [0.15, 0.2) is 12.5 Å². The van der Waals surface area contributed by atoms with E-state index in [1.54, 1.807) is 6.33 Å². The lowest BCUT2D eigenvalue weighted by Crippen LogP contribution is -2.41. The zero-order valence-corrected chi connectivity index (χ0v) is 13.9. The van der Waals surface area contributed by atoms with E-state index in [4.69, 9.17) is 0 Å². The molecule has 0 aliphatic rings. The fourth-order valence-corrected chi connectivity index (χ4v) is 2.72. The van der Waals surface area contributed by atoms with Gasteiger partial charge in [-0.3, -0.25) is 9.69 Å². The van der Waals surface area contributed by atoms with E-state index >= 15 is 0 Å². The van der Waals surface area contributed by atoms with E-state index in [-0.39, 0.29) is 11.9 Å². The highest BCUT2D eigenvalue weighted by atomic mass is 16.2. The van der Waals surface area contributed by atoms with E-state index in [9.17, 15) is 4.79 Å². The molecule has 118 valence electrons. The lowest BCUT2D eigenvalue weighted by atomic mass is 10.0. The number of carbonyl (C=O) groups is 1. The summed E-state index contributed by atoms with van der Waals surface area (Å²) < 4.78 is 0. The first-order valence-electron chi connectivity index (χ1n) is 8.30. The fourth-order valence-electron chi connectivity index (χ4n) is 2.72. The maximum atomic E-state index is 12.7. The zero-order chi connectivity index (χ0) is 15.7. The molecule has 0 aliphatic heterocycles. The number of aromatic nitrogens is 2. The molecule has 0 unspecified atom stereocenters. The molecular formula is C17H29N3O. The number of rotatable bonds is 9. The van der Waals surface area contributed by atoms with Gasteiger partial charge in [-0.1, -0.05) is 40.5 Å². The van der Waals surface area contributed by atoms with Gasteiger partial charge in [0.1, 0.15) is 12.1 Å². The molecule has 0 aromatic carbocycles. The Morgan fingerprint density at radius 2 is 1.81 bits per heavy atom. The van der Waals surface area contributed by atoms with Crippen LogP contribution in [0.5, 0.6) is 0 Å². The summed E-state index contributed by atoms with van der Waals surface area (Å²) in [5, 5.41) is 0. The largest absolute Gasteiger partial charge is 0.293 e. The summed E-state index contributed by atoms with van der Waals surface area (Å²) in [5.74, 6) is 1.01. The van der Waals surface area contributed by atoms with Crippen molar-refractivity contribution in [3.8, 4) is 0 Å². The average Bonchev–Trinajstić information content (AvgIpc) is 2.49. The Morgan fingerprint density at radius 1 is 1.14 bits per heavy atom. The number of carbonyl (C=O) groups excluding carboxylic acids is 1. The standard InChI is InChI=1S/C17H29N3O/c1-5-9-15(10-6-2)20(16(21)11-7-3)17-14(8-4)12-18-13-19-17/h12-13,15H,5-11H2,1-4H3. The van der Waals surface area contributed by atoms with E-state index in [0.717, 1.165) is 49.9 Å². The molecule has 0 atom stereocenters. The second kappa shape index (κ2) is 9.48. The highest BCUT2D eigenvalue weighted by Crippen LogP contribution is 2.25. The van der Waals surface area contributed by atoms with Crippen LogP contribution in [0.25, 0.3) is 0 Å². The summed E-state index contributed by atoms with van der Waals surface area (Å²) in [7, 11) is 0. The van der Waals surface area contributed by atoms with Crippen molar-refractivity contribution in [2.45, 2.75) is 78.7 Å². The molecule has 4 heteroatoms. The maximum absolute atomic E-state index is 12.7. The minimum Gasteiger partial charge on any atom is -0.293 e. The number of anilines is 1. The Kier molecular flexibility index (Phi) is 7.95. The number of nitrogens with zero attached hydrogens (tertiary/aromatic N) is 3. The molecule has 0 radical (unpaired) electrons. The molecule has 0 bridgehead atoms. The van der Waals surface area contributed by atoms with E-state index in [1.807, 2.05) is 18.0 Å². The fraction of sp³-hybridized carbons (Fsp3) is 0.706. The van der Waals surface area contributed by atoms with Crippen LogP contribution in [-0.2, 0) is 11.2 Å². The van der Waals surface area contributed by atoms with Crippen LogP contribution in [0, 0.1) is 0 Å². The van der Waals surface area contributed by atoms with Crippen molar-refractivity contribution in [1.29, 1.82) is 0 Å². The third-order valence-electron chi connectivity index (χ3n) is 3.71. The molecule has 0 N–H and O–H groups in total. The van der Waals surface area contributed by atoms with Gasteiger partial charge in [0.2, 0.25) is 5.91 Å². The molecular weight excluding hydrogens is 262 g/mol. The van der Waals surface area contributed by atoms with Gasteiger partial charge in [-0.15, -0.1) is 0 Å². The number of aryl methyl sites for hydroxylation is 1. The van der Waals surface area contributed by atoms with Crippen molar-refractivity contribution < 1.29 is 4.79 Å². The van der Waals surface area contributed by atoms with Crippen molar-refractivity contribution in [2.24, 2.45) is 0 Å². The lowest BCUT2D eigenvalue weighted by molar-refractivity contribution is -0.119.